The van der Waals surface area contributed by atoms with Crippen LogP contribution in [-0.4, -0.2) is 18.1 Å². The van der Waals surface area contributed by atoms with Crippen molar-refractivity contribution in [3.8, 4) is 0 Å². The molecule has 0 amide bonds. The van der Waals surface area contributed by atoms with Crippen molar-refractivity contribution in [3.63, 3.8) is 0 Å². The number of rotatable bonds is 1. The topological polar surface area (TPSA) is 42.1 Å². The van der Waals surface area contributed by atoms with Gasteiger partial charge in [-0.25, -0.2) is 4.79 Å². The third-order valence-corrected chi connectivity index (χ3v) is 1.86. The van der Waals surface area contributed by atoms with E-state index in [1.54, 1.807) is 13.1 Å². The van der Waals surface area contributed by atoms with E-state index in [2.05, 4.69) is 9.72 Å². The van der Waals surface area contributed by atoms with Gasteiger partial charge in [-0.2, -0.15) is 0 Å². The molecule has 60 valence electrons. The quantitative estimate of drug-likeness (QED) is 0.658. The molecule has 1 N–H and O–H groups in total. The maximum absolute atomic E-state index is 10.9. The van der Waals surface area contributed by atoms with Crippen molar-refractivity contribution in [3.05, 3.63) is 22.5 Å². The van der Waals surface area contributed by atoms with Gasteiger partial charge in [0, 0.05) is 11.8 Å². The Bertz CT molecular complexity index is 280. The van der Waals surface area contributed by atoms with Crippen LogP contribution in [0.3, 0.4) is 0 Å². The largest absolute Gasteiger partial charge is 0.464 e. The summed E-state index contributed by atoms with van der Waals surface area (Å²) in [7, 11) is 1.33. The number of ether oxygens (including phenoxy) is 1. The van der Waals surface area contributed by atoms with E-state index >= 15 is 0 Å². The zero-order chi connectivity index (χ0) is 8.43. The summed E-state index contributed by atoms with van der Waals surface area (Å²) < 4.78 is 4.50. The molecule has 0 saturated heterocycles. The molecule has 0 aliphatic heterocycles. The fourth-order valence-corrected chi connectivity index (χ4v) is 0.935. The second-order valence-corrected chi connectivity index (χ2v) is 2.54. The van der Waals surface area contributed by atoms with Crippen LogP contribution in [-0.2, 0) is 4.74 Å². The van der Waals surface area contributed by atoms with Gasteiger partial charge in [0.15, 0.2) is 0 Å². The lowest BCUT2D eigenvalue weighted by Crippen LogP contribution is -2.02. The third-order valence-electron chi connectivity index (χ3n) is 1.47. The van der Waals surface area contributed by atoms with Crippen molar-refractivity contribution in [2.24, 2.45) is 0 Å². The fourth-order valence-electron chi connectivity index (χ4n) is 0.786. The average molecular weight is 174 g/mol. The van der Waals surface area contributed by atoms with Crippen LogP contribution >= 0.6 is 11.6 Å². The minimum absolute atomic E-state index is 0.394. The van der Waals surface area contributed by atoms with E-state index < -0.39 is 5.97 Å². The molecule has 4 heteroatoms. The summed E-state index contributed by atoms with van der Waals surface area (Å²) in [6.07, 6.45) is 1.56. The Labute approximate surface area is 69.3 Å². The molecule has 0 aliphatic rings. The maximum Gasteiger partial charge on any atom is 0.354 e. The summed E-state index contributed by atoms with van der Waals surface area (Å²) in [5.41, 5.74) is 1.14. The van der Waals surface area contributed by atoms with Crippen molar-refractivity contribution < 1.29 is 9.53 Å². The molecule has 0 aromatic carbocycles. The molecular formula is C7H8ClNO2. The fraction of sp³-hybridized carbons (Fsp3) is 0.286. The molecule has 1 rings (SSSR count). The van der Waals surface area contributed by atoms with E-state index in [1.165, 1.54) is 7.11 Å². The summed E-state index contributed by atoms with van der Waals surface area (Å²) in [5, 5.41) is 0.547. The summed E-state index contributed by atoms with van der Waals surface area (Å²) in [6.45, 7) is 1.76. The van der Waals surface area contributed by atoms with E-state index in [9.17, 15) is 4.79 Å². The molecular weight excluding hydrogens is 166 g/mol. The smallest absolute Gasteiger partial charge is 0.354 e. The normalized spacial score (nSPS) is 9.73. The van der Waals surface area contributed by atoms with Crippen LogP contribution < -0.4 is 0 Å². The molecule has 3 nitrogen and oxygen atoms in total. The van der Waals surface area contributed by atoms with E-state index in [0.29, 0.717) is 10.7 Å². The number of halogens is 1. The first-order valence-electron chi connectivity index (χ1n) is 3.08. The number of esters is 1. The van der Waals surface area contributed by atoms with Crippen LogP contribution in [0.5, 0.6) is 0 Å². The highest BCUT2D eigenvalue weighted by Gasteiger charge is 2.12. The van der Waals surface area contributed by atoms with Gasteiger partial charge in [-0.1, -0.05) is 11.6 Å². The van der Waals surface area contributed by atoms with Crippen LogP contribution in [0.25, 0.3) is 0 Å². The molecule has 0 aliphatic carbocycles. The Morgan fingerprint density at radius 3 is 2.73 bits per heavy atom. The molecule has 0 unspecified atom stereocenters. The number of aromatic nitrogens is 1. The van der Waals surface area contributed by atoms with Crippen molar-refractivity contribution in [2.75, 3.05) is 7.11 Å². The summed E-state index contributed by atoms with van der Waals surface area (Å²) in [4.78, 5) is 13.7. The first-order chi connectivity index (χ1) is 5.16. The van der Waals surface area contributed by atoms with Gasteiger partial charge in [-0.15, -0.1) is 0 Å². The standard InChI is InChI=1S/C7H8ClNO2/c1-4-5(8)3-9-6(4)7(10)11-2/h3,9H,1-2H3. The Balaban J connectivity index is 3.04. The van der Waals surface area contributed by atoms with E-state index in [4.69, 9.17) is 11.6 Å². The molecule has 0 spiro atoms. The van der Waals surface area contributed by atoms with Gasteiger partial charge >= 0.3 is 5.97 Å². The predicted octanol–water partition coefficient (Wildman–Crippen LogP) is 1.76. The van der Waals surface area contributed by atoms with Gasteiger partial charge in [-0.3, -0.25) is 0 Å². The van der Waals surface area contributed by atoms with E-state index in [-0.39, 0.29) is 0 Å². The number of carbonyl (C=O) groups is 1. The van der Waals surface area contributed by atoms with Crippen LogP contribution in [0.15, 0.2) is 6.20 Å². The SMILES string of the molecule is COC(=O)c1[nH]cc(Cl)c1C. The van der Waals surface area contributed by atoms with Gasteiger partial charge in [-0.05, 0) is 6.92 Å². The minimum atomic E-state index is -0.394. The van der Waals surface area contributed by atoms with Gasteiger partial charge < -0.3 is 9.72 Å². The minimum Gasteiger partial charge on any atom is -0.464 e. The zero-order valence-electron chi connectivity index (χ0n) is 6.27. The number of hydrogen-bond donors (Lipinski definition) is 1. The van der Waals surface area contributed by atoms with E-state index in [1.807, 2.05) is 0 Å². The number of nitrogens with one attached hydrogen (secondary N) is 1. The molecule has 0 radical (unpaired) electrons. The Kier molecular flexibility index (Phi) is 2.19. The second kappa shape index (κ2) is 2.96. The highest BCUT2D eigenvalue weighted by atomic mass is 35.5. The lowest BCUT2D eigenvalue weighted by atomic mass is 10.3. The van der Waals surface area contributed by atoms with Gasteiger partial charge in [0.05, 0.1) is 12.1 Å². The highest BCUT2D eigenvalue weighted by Crippen LogP contribution is 2.18. The summed E-state index contributed by atoms with van der Waals surface area (Å²) in [6, 6.07) is 0. The lowest BCUT2D eigenvalue weighted by molar-refractivity contribution is 0.0594. The van der Waals surface area contributed by atoms with Crippen LogP contribution in [0.1, 0.15) is 16.1 Å². The lowest BCUT2D eigenvalue weighted by Gasteiger charge is -1.95. The zero-order valence-corrected chi connectivity index (χ0v) is 7.03. The maximum atomic E-state index is 10.9. The summed E-state index contributed by atoms with van der Waals surface area (Å²) in [5.74, 6) is -0.394. The summed E-state index contributed by atoms with van der Waals surface area (Å²) >= 11 is 5.69. The molecule has 0 bridgehead atoms. The van der Waals surface area contributed by atoms with Crippen molar-refractivity contribution in [2.45, 2.75) is 6.92 Å². The van der Waals surface area contributed by atoms with Gasteiger partial charge in [0.2, 0.25) is 0 Å². The first-order valence-corrected chi connectivity index (χ1v) is 3.46. The molecule has 0 atom stereocenters. The molecule has 11 heavy (non-hydrogen) atoms. The Morgan fingerprint density at radius 1 is 1.73 bits per heavy atom. The third kappa shape index (κ3) is 1.38. The molecule has 1 aromatic heterocycles. The van der Waals surface area contributed by atoms with Crippen molar-refractivity contribution >= 4 is 17.6 Å². The van der Waals surface area contributed by atoms with E-state index in [0.717, 1.165) is 5.56 Å². The second-order valence-electron chi connectivity index (χ2n) is 2.13. The molecule has 0 fully saturated rings. The predicted molar refractivity (Wildman–Crippen MR) is 41.9 cm³/mol. The average Bonchev–Trinajstić information content (AvgIpc) is 2.32. The number of aromatic amines is 1. The molecule has 1 heterocycles. The Hall–Kier alpha value is -0.960. The Morgan fingerprint density at radius 2 is 2.36 bits per heavy atom. The van der Waals surface area contributed by atoms with Crippen LogP contribution in [0.4, 0.5) is 0 Å². The number of carbonyl (C=O) groups excluding carboxylic acids is 1. The van der Waals surface area contributed by atoms with Crippen LogP contribution in [0.2, 0.25) is 5.02 Å². The number of H-pyrrole nitrogens is 1. The monoisotopic (exact) mass is 173 g/mol. The first kappa shape index (κ1) is 8.14. The molecule has 0 saturated carbocycles. The van der Waals surface area contributed by atoms with Crippen LogP contribution in [0, 0.1) is 6.92 Å². The van der Waals surface area contributed by atoms with Crippen molar-refractivity contribution in [1.82, 2.24) is 4.98 Å². The number of methoxy groups -OCH3 is 1. The molecule has 1 aromatic rings. The highest BCUT2D eigenvalue weighted by molar-refractivity contribution is 6.31. The van der Waals surface area contributed by atoms with Gasteiger partial charge in [0.1, 0.15) is 5.69 Å². The van der Waals surface area contributed by atoms with Gasteiger partial charge in [0.25, 0.3) is 0 Å². The van der Waals surface area contributed by atoms with Crippen molar-refractivity contribution in [1.29, 1.82) is 0 Å². The number of hydrogen-bond acceptors (Lipinski definition) is 2.